The molecule has 1 aromatic rings. The van der Waals surface area contributed by atoms with Gasteiger partial charge >= 0.3 is 5.97 Å². The predicted octanol–water partition coefficient (Wildman–Crippen LogP) is 3.10. The Balaban J connectivity index is 1.35. The number of nitrogens with one attached hydrogen (secondary N) is 1. The summed E-state index contributed by atoms with van der Waals surface area (Å²) in [6.07, 6.45) is 7.26. The van der Waals surface area contributed by atoms with Crippen LogP contribution in [0, 0.1) is 23.6 Å². The third kappa shape index (κ3) is 4.83. The van der Waals surface area contributed by atoms with Crippen molar-refractivity contribution in [2.75, 3.05) is 19.7 Å². The van der Waals surface area contributed by atoms with E-state index in [9.17, 15) is 22.4 Å². The third-order valence-electron chi connectivity index (χ3n) is 7.26. The van der Waals surface area contributed by atoms with Crippen molar-refractivity contribution in [2.45, 2.75) is 62.8 Å². The molecule has 9 heteroatoms. The second-order valence-electron chi connectivity index (χ2n) is 9.38. The molecule has 1 aliphatic heterocycles. The molecule has 32 heavy (non-hydrogen) atoms. The Morgan fingerprint density at radius 2 is 1.94 bits per heavy atom. The highest BCUT2D eigenvalue weighted by Gasteiger charge is 2.42. The van der Waals surface area contributed by atoms with Gasteiger partial charge in [-0.05, 0) is 75.0 Å². The first kappa shape index (κ1) is 23.2. The van der Waals surface area contributed by atoms with Gasteiger partial charge < -0.3 is 10.1 Å². The standard InChI is InChI=1S/C23H31FN2O5S/c1-15(19-12-16-5-6-17(19)11-16)25-22(27)14-31-23(28)18-7-8-20(24)21(13-18)32(29,30)26-9-3-2-4-10-26/h7-8,13,15-17,19H,2-6,9-12,14H2,1H3,(H,25,27)/t15-,16+,17+,19-/m1/s1. The summed E-state index contributed by atoms with van der Waals surface area (Å²) in [6, 6.07) is 3.13. The Bertz CT molecular complexity index is 977. The van der Waals surface area contributed by atoms with Gasteiger partial charge in [0.1, 0.15) is 10.7 Å². The molecule has 1 N–H and O–H groups in total. The van der Waals surface area contributed by atoms with E-state index in [1.165, 1.54) is 29.6 Å². The molecule has 3 fully saturated rings. The Morgan fingerprint density at radius 1 is 1.19 bits per heavy atom. The van der Waals surface area contributed by atoms with E-state index in [1.807, 2.05) is 6.92 Å². The van der Waals surface area contributed by atoms with E-state index in [0.29, 0.717) is 24.9 Å². The van der Waals surface area contributed by atoms with Crippen LogP contribution in [0.15, 0.2) is 23.1 Å². The Hall–Kier alpha value is -2.00. The molecule has 1 heterocycles. The van der Waals surface area contributed by atoms with E-state index in [1.54, 1.807) is 0 Å². The minimum atomic E-state index is -4.04. The van der Waals surface area contributed by atoms with E-state index >= 15 is 0 Å². The Labute approximate surface area is 188 Å². The summed E-state index contributed by atoms with van der Waals surface area (Å²) in [7, 11) is -4.04. The molecule has 4 atom stereocenters. The number of sulfonamides is 1. The zero-order valence-corrected chi connectivity index (χ0v) is 19.2. The fourth-order valence-electron chi connectivity index (χ4n) is 5.60. The van der Waals surface area contributed by atoms with Gasteiger partial charge in [-0.1, -0.05) is 12.8 Å². The maximum Gasteiger partial charge on any atom is 0.338 e. The topological polar surface area (TPSA) is 92.8 Å². The van der Waals surface area contributed by atoms with Gasteiger partial charge in [0.2, 0.25) is 10.0 Å². The molecule has 2 aliphatic carbocycles. The first-order chi connectivity index (χ1) is 15.3. The lowest BCUT2D eigenvalue weighted by Crippen LogP contribution is -2.42. The zero-order chi connectivity index (χ0) is 22.9. The molecule has 0 unspecified atom stereocenters. The van der Waals surface area contributed by atoms with Gasteiger partial charge in [-0.25, -0.2) is 17.6 Å². The Kier molecular flexibility index (Phi) is 6.86. The van der Waals surface area contributed by atoms with Crippen LogP contribution in [-0.2, 0) is 19.6 Å². The van der Waals surface area contributed by atoms with Crippen LogP contribution in [0.2, 0.25) is 0 Å². The van der Waals surface area contributed by atoms with E-state index in [0.717, 1.165) is 43.7 Å². The van der Waals surface area contributed by atoms with Crippen molar-refractivity contribution in [3.8, 4) is 0 Å². The van der Waals surface area contributed by atoms with Gasteiger partial charge in [-0.3, -0.25) is 4.79 Å². The SMILES string of the molecule is C[C@@H](NC(=O)COC(=O)c1ccc(F)c(S(=O)(=O)N2CCCCC2)c1)[C@H]1C[C@H]2CC[C@H]1C2. The summed E-state index contributed by atoms with van der Waals surface area (Å²) in [5.41, 5.74) is -0.101. The smallest absolute Gasteiger partial charge is 0.338 e. The first-order valence-corrected chi connectivity index (χ1v) is 13.0. The quantitative estimate of drug-likeness (QED) is 0.624. The van der Waals surface area contributed by atoms with E-state index in [4.69, 9.17) is 4.74 Å². The number of carbonyl (C=O) groups excluding carboxylic acids is 2. The van der Waals surface area contributed by atoms with Crippen LogP contribution in [0.25, 0.3) is 0 Å². The van der Waals surface area contributed by atoms with Crippen LogP contribution in [0.3, 0.4) is 0 Å². The molecule has 1 aromatic carbocycles. The summed E-state index contributed by atoms with van der Waals surface area (Å²) in [6.45, 7) is 2.19. The van der Waals surface area contributed by atoms with Gasteiger partial charge in [0.15, 0.2) is 6.61 Å². The van der Waals surface area contributed by atoms with E-state index in [-0.39, 0.29) is 11.6 Å². The maximum atomic E-state index is 14.3. The van der Waals surface area contributed by atoms with E-state index in [2.05, 4.69) is 5.32 Å². The average molecular weight is 467 g/mol. The van der Waals surface area contributed by atoms with Gasteiger partial charge in [-0.15, -0.1) is 0 Å². The number of ether oxygens (including phenoxy) is 1. The molecule has 1 saturated heterocycles. The van der Waals surface area contributed by atoms with Crippen LogP contribution in [0.5, 0.6) is 0 Å². The molecule has 0 aromatic heterocycles. The summed E-state index contributed by atoms with van der Waals surface area (Å²) < 4.78 is 46.3. The van der Waals surface area contributed by atoms with Gasteiger partial charge in [0, 0.05) is 19.1 Å². The lowest BCUT2D eigenvalue weighted by molar-refractivity contribution is -0.125. The molecule has 176 valence electrons. The second kappa shape index (κ2) is 9.47. The summed E-state index contributed by atoms with van der Waals surface area (Å²) in [5.74, 6) is -0.259. The van der Waals surface area contributed by atoms with Crippen molar-refractivity contribution in [1.82, 2.24) is 9.62 Å². The fourth-order valence-corrected chi connectivity index (χ4v) is 7.20. The molecule has 2 bridgehead atoms. The number of hydrogen-bond acceptors (Lipinski definition) is 5. The third-order valence-corrected chi connectivity index (χ3v) is 9.17. The molecule has 4 rings (SSSR count). The molecule has 2 saturated carbocycles. The van der Waals surface area contributed by atoms with Crippen LogP contribution >= 0.6 is 0 Å². The van der Waals surface area contributed by atoms with Crippen LogP contribution < -0.4 is 5.32 Å². The molecule has 0 spiro atoms. The van der Waals surface area contributed by atoms with Crippen molar-refractivity contribution >= 4 is 21.9 Å². The number of nitrogens with zero attached hydrogens (tertiary/aromatic N) is 1. The highest BCUT2D eigenvalue weighted by atomic mass is 32.2. The van der Waals surface area contributed by atoms with Gasteiger partial charge in [0.25, 0.3) is 5.91 Å². The van der Waals surface area contributed by atoms with Crippen molar-refractivity contribution < 1.29 is 27.1 Å². The summed E-state index contributed by atoms with van der Waals surface area (Å²) >= 11 is 0. The highest BCUT2D eigenvalue weighted by Crippen LogP contribution is 2.49. The highest BCUT2D eigenvalue weighted by molar-refractivity contribution is 7.89. The maximum absolute atomic E-state index is 14.3. The number of amides is 1. The normalized spacial score (nSPS) is 26.6. The van der Waals surface area contributed by atoms with Crippen LogP contribution in [0.4, 0.5) is 4.39 Å². The summed E-state index contributed by atoms with van der Waals surface area (Å²) in [4.78, 5) is 24.2. The number of carbonyl (C=O) groups is 2. The lowest BCUT2D eigenvalue weighted by Gasteiger charge is -2.28. The minimum Gasteiger partial charge on any atom is -0.452 e. The minimum absolute atomic E-state index is 0.0172. The zero-order valence-electron chi connectivity index (χ0n) is 18.4. The molecular weight excluding hydrogens is 435 g/mol. The number of esters is 1. The molecule has 7 nitrogen and oxygen atoms in total. The molecular formula is C23H31FN2O5S. The largest absolute Gasteiger partial charge is 0.452 e. The van der Waals surface area contributed by atoms with Crippen molar-refractivity contribution in [1.29, 1.82) is 0 Å². The number of fused-ring (bicyclic) bond motifs is 2. The van der Waals surface area contributed by atoms with Gasteiger partial charge in [-0.2, -0.15) is 4.31 Å². The molecule has 3 aliphatic rings. The Morgan fingerprint density at radius 3 is 2.59 bits per heavy atom. The fraction of sp³-hybridized carbons (Fsp3) is 0.652. The number of piperidine rings is 1. The van der Waals surface area contributed by atoms with Crippen LogP contribution in [-0.4, -0.2) is 50.3 Å². The number of halogens is 1. The number of hydrogen-bond donors (Lipinski definition) is 1. The molecule has 0 radical (unpaired) electrons. The van der Waals surface area contributed by atoms with Crippen molar-refractivity contribution in [2.24, 2.45) is 17.8 Å². The second-order valence-corrected chi connectivity index (χ2v) is 11.3. The average Bonchev–Trinajstić information content (AvgIpc) is 3.42. The van der Waals surface area contributed by atoms with E-state index < -0.39 is 39.2 Å². The monoisotopic (exact) mass is 466 g/mol. The lowest BCUT2D eigenvalue weighted by atomic mass is 9.84. The van der Waals surface area contributed by atoms with Crippen LogP contribution in [0.1, 0.15) is 62.2 Å². The predicted molar refractivity (Wildman–Crippen MR) is 116 cm³/mol. The van der Waals surface area contributed by atoms with Crippen molar-refractivity contribution in [3.63, 3.8) is 0 Å². The number of benzene rings is 1. The number of rotatable bonds is 7. The first-order valence-electron chi connectivity index (χ1n) is 11.5. The van der Waals surface area contributed by atoms with Gasteiger partial charge in [0.05, 0.1) is 5.56 Å². The molecule has 1 amide bonds. The summed E-state index contributed by atoms with van der Waals surface area (Å²) in [5, 5.41) is 2.92. The van der Waals surface area contributed by atoms with Crippen molar-refractivity contribution in [3.05, 3.63) is 29.6 Å².